The number of nitrogens with zero attached hydrogens (tertiary/aromatic N) is 3. The van der Waals surface area contributed by atoms with E-state index < -0.39 is 38.5 Å². The van der Waals surface area contributed by atoms with Crippen LogP contribution in [-0.2, 0) is 24.2 Å². The average molecular weight is 589 g/mol. The lowest BCUT2D eigenvalue weighted by Gasteiger charge is -2.36. The van der Waals surface area contributed by atoms with Crippen LogP contribution in [0.15, 0.2) is 41.3 Å². The van der Waals surface area contributed by atoms with E-state index in [1.807, 2.05) is 6.92 Å². The molecule has 0 radical (unpaired) electrons. The molecule has 1 saturated carbocycles. The van der Waals surface area contributed by atoms with Gasteiger partial charge in [0.15, 0.2) is 9.84 Å². The van der Waals surface area contributed by atoms with Crippen LogP contribution < -0.4 is 5.32 Å². The van der Waals surface area contributed by atoms with E-state index in [1.54, 1.807) is 24.0 Å². The summed E-state index contributed by atoms with van der Waals surface area (Å²) in [6.45, 7) is 8.85. The third-order valence-corrected chi connectivity index (χ3v) is 11.2. The lowest BCUT2D eigenvalue weighted by atomic mass is 9.80. The van der Waals surface area contributed by atoms with Gasteiger partial charge in [-0.05, 0) is 56.6 Å². The van der Waals surface area contributed by atoms with E-state index in [1.165, 1.54) is 17.0 Å². The van der Waals surface area contributed by atoms with Crippen molar-refractivity contribution in [3.05, 3.63) is 41.4 Å². The number of likely N-dealkylation sites (tertiary alicyclic amines) is 2. The van der Waals surface area contributed by atoms with Crippen LogP contribution in [0.2, 0.25) is 5.02 Å². The van der Waals surface area contributed by atoms with E-state index in [0.717, 1.165) is 5.57 Å². The molecule has 9 nitrogen and oxygen atoms in total. The van der Waals surface area contributed by atoms with E-state index >= 15 is 0 Å². The molecule has 1 aromatic rings. The second kappa shape index (κ2) is 11.9. The number of sulfone groups is 1. The molecule has 2 heterocycles. The van der Waals surface area contributed by atoms with Gasteiger partial charge >= 0.3 is 0 Å². The predicted octanol–water partition coefficient (Wildman–Crippen LogP) is 3.49. The van der Waals surface area contributed by atoms with Crippen molar-refractivity contribution in [2.45, 2.75) is 80.5 Å². The predicted molar refractivity (Wildman–Crippen MR) is 151 cm³/mol. The second-order valence-corrected chi connectivity index (χ2v) is 13.8. The number of hydrogen-bond donors (Lipinski definition) is 1. The van der Waals surface area contributed by atoms with Crippen molar-refractivity contribution < 1.29 is 22.8 Å². The largest absolute Gasteiger partial charge is 0.343 e. The number of rotatable bonds is 9. The summed E-state index contributed by atoms with van der Waals surface area (Å²) < 4.78 is 27.3. The maximum Gasteiger partial charge on any atom is 0.244 e. The number of nitriles is 1. The van der Waals surface area contributed by atoms with E-state index in [0.29, 0.717) is 51.6 Å². The standard InChI is InChI=1S/C29H37ClN4O5S/c1-4-7-23(19(2)21-10-14-33(15-11-21)20(3)35)28(37)34-17-22(40(38,39)26-9-6-5-8-24(26)30)16-25(34)27(36)32-29(18-31)12-13-29/h5-6,8-9,21-23,25H,2,4,7,10-17H2,1,3H3,(H,32,36). The molecular formula is C29H37ClN4O5S. The van der Waals surface area contributed by atoms with Crippen LogP contribution in [0.25, 0.3) is 0 Å². The highest BCUT2D eigenvalue weighted by Crippen LogP contribution is 2.38. The van der Waals surface area contributed by atoms with Crippen LogP contribution in [0, 0.1) is 23.2 Å². The van der Waals surface area contributed by atoms with Crippen LogP contribution >= 0.6 is 11.6 Å². The van der Waals surface area contributed by atoms with Gasteiger partial charge in [0, 0.05) is 26.6 Å². The topological polar surface area (TPSA) is 128 Å². The first-order chi connectivity index (χ1) is 18.9. The van der Waals surface area contributed by atoms with Crippen LogP contribution in [0.4, 0.5) is 0 Å². The Morgan fingerprint density at radius 1 is 1.23 bits per heavy atom. The van der Waals surface area contributed by atoms with Crippen LogP contribution in [0.5, 0.6) is 0 Å². The van der Waals surface area contributed by atoms with Crippen molar-refractivity contribution in [1.82, 2.24) is 15.1 Å². The molecule has 1 aromatic carbocycles. The van der Waals surface area contributed by atoms with Gasteiger partial charge < -0.3 is 15.1 Å². The quantitative estimate of drug-likeness (QED) is 0.440. The van der Waals surface area contributed by atoms with Gasteiger partial charge in [-0.1, -0.05) is 49.2 Å². The molecule has 0 spiro atoms. The molecule has 0 bridgehead atoms. The van der Waals surface area contributed by atoms with Crippen molar-refractivity contribution in [3.63, 3.8) is 0 Å². The highest BCUT2D eigenvalue weighted by Gasteiger charge is 2.51. The molecule has 216 valence electrons. The lowest BCUT2D eigenvalue weighted by molar-refractivity contribution is -0.141. The molecular weight excluding hydrogens is 552 g/mol. The number of piperidine rings is 1. The zero-order chi connectivity index (χ0) is 29.2. The molecule has 0 aromatic heterocycles. The molecule has 3 amide bonds. The van der Waals surface area contributed by atoms with Gasteiger partial charge in [-0.2, -0.15) is 5.26 Å². The summed E-state index contributed by atoms with van der Waals surface area (Å²) in [5.74, 6) is -1.35. The van der Waals surface area contributed by atoms with Gasteiger partial charge in [0.1, 0.15) is 11.6 Å². The molecule has 40 heavy (non-hydrogen) atoms. The summed E-state index contributed by atoms with van der Waals surface area (Å²) in [7, 11) is -3.96. The molecule has 3 aliphatic rings. The Morgan fingerprint density at radius 3 is 2.42 bits per heavy atom. The molecule has 1 N–H and O–H groups in total. The third kappa shape index (κ3) is 6.06. The SMILES string of the molecule is C=C(C1CCN(C(C)=O)CC1)C(CCC)C(=O)N1CC(S(=O)(=O)c2ccccc2Cl)CC1C(=O)NC1(C#N)CC1. The zero-order valence-electron chi connectivity index (χ0n) is 23.1. The Labute approximate surface area is 241 Å². The minimum atomic E-state index is -3.96. The van der Waals surface area contributed by atoms with Crippen molar-refractivity contribution in [2.24, 2.45) is 11.8 Å². The van der Waals surface area contributed by atoms with Crippen molar-refractivity contribution in [1.29, 1.82) is 5.26 Å². The fourth-order valence-corrected chi connectivity index (χ4v) is 8.10. The first kappa shape index (κ1) is 30.1. The van der Waals surface area contributed by atoms with Gasteiger partial charge in [-0.15, -0.1) is 0 Å². The number of carbonyl (C=O) groups excluding carboxylic acids is 3. The molecule has 3 unspecified atom stereocenters. The van der Waals surface area contributed by atoms with Gasteiger partial charge in [0.2, 0.25) is 17.7 Å². The van der Waals surface area contributed by atoms with Gasteiger partial charge in [-0.3, -0.25) is 14.4 Å². The number of halogens is 1. The minimum Gasteiger partial charge on any atom is -0.343 e. The molecule has 11 heteroatoms. The Hall–Kier alpha value is -2.90. The summed E-state index contributed by atoms with van der Waals surface area (Å²) in [5.41, 5.74) is -0.190. The average Bonchev–Trinajstić information content (AvgIpc) is 3.55. The van der Waals surface area contributed by atoms with Crippen molar-refractivity contribution in [2.75, 3.05) is 19.6 Å². The summed E-state index contributed by atoms with van der Waals surface area (Å²) in [6, 6.07) is 7.25. The fraction of sp³-hybridized carbons (Fsp3) is 0.586. The first-order valence-corrected chi connectivity index (χ1v) is 15.8. The Bertz CT molecular complexity index is 1330. The summed E-state index contributed by atoms with van der Waals surface area (Å²) in [4.78, 5) is 42.6. The summed E-state index contributed by atoms with van der Waals surface area (Å²) in [6.07, 6.45) is 3.56. The van der Waals surface area contributed by atoms with E-state index in [4.69, 9.17) is 11.6 Å². The lowest BCUT2D eigenvalue weighted by Crippen LogP contribution is -2.51. The molecule has 3 fully saturated rings. The number of nitrogens with one attached hydrogen (secondary N) is 1. The molecule has 2 saturated heterocycles. The number of carbonyl (C=O) groups is 3. The van der Waals surface area contributed by atoms with E-state index in [-0.39, 0.29) is 40.6 Å². The van der Waals surface area contributed by atoms with Crippen LogP contribution in [0.1, 0.15) is 58.8 Å². The highest BCUT2D eigenvalue weighted by atomic mass is 35.5. The zero-order valence-corrected chi connectivity index (χ0v) is 24.6. The Balaban J connectivity index is 1.61. The van der Waals surface area contributed by atoms with Gasteiger partial charge in [-0.25, -0.2) is 8.42 Å². The highest BCUT2D eigenvalue weighted by molar-refractivity contribution is 7.92. The maximum absolute atomic E-state index is 14.2. The van der Waals surface area contributed by atoms with Crippen LogP contribution in [0.3, 0.4) is 0 Å². The summed E-state index contributed by atoms with van der Waals surface area (Å²) >= 11 is 6.24. The molecule has 2 aliphatic heterocycles. The molecule has 4 rings (SSSR count). The number of benzene rings is 1. The van der Waals surface area contributed by atoms with Crippen molar-refractivity contribution >= 4 is 39.2 Å². The van der Waals surface area contributed by atoms with Crippen molar-refractivity contribution in [3.8, 4) is 6.07 Å². The smallest absolute Gasteiger partial charge is 0.244 e. The number of amides is 3. The minimum absolute atomic E-state index is 0.0211. The molecule has 3 atom stereocenters. The monoisotopic (exact) mass is 588 g/mol. The summed E-state index contributed by atoms with van der Waals surface area (Å²) in [5, 5.41) is 11.3. The molecule has 1 aliphatic carbocycles. The second-order valence-electron chi connectivity index (χ2n) is 11.2. The maximum atomic E-state index is 14.2. The van der Waals surface area contributed by atoms with Crippen LogP contribution in [-0.4, -0.2) is 72.4 Å². The number of hydrogen-bond acceptors (Lipinski definition) is 6. The van der Waals surface area contributed by atoms with E-state index in [2.05, 4.69) is 18.0 Å². The van der Waals surface area contributed by atoms with Gasteiger partial charge in [0.25, 0.3) is 0 Å². The Morgan fingerprint density at radius 2 is 1.88 bits per heavy atom. The normalized spacial score (nSPS) is 23.2. The Kier molecular flexibility index (Phi) is 8.96. The van der Waals surface area contributed by atoms with Gasteiger partial charge in [0.05, 0.1) is 27.2 Å². The fourth-order valence-electron chi connectivity index (χ4n) is 5.88. The first-order valence-electron chi connectivity index (χ1n) is 13.9. The van der Waals surface area contributed by atoms with E-state index in [9.17, 15) is 28.1 Å². The third-order valence-electron chi connectivity index (χ3n) is 8.54.